The van der Waals surface area contributed by atoms with E-state index >= 15 is 0 Å². The summed E-state index contributed by atoms with van der Waals surface area (Å²) in [5, 5.41) is 10.1. The van der Waals surface area contributed by atoms with Crippen LogP contribution in [0.3, 0.4) is 0 Å². The number of carbonyl (C=O) groups is 2. The Morgan fingerprint density at radius 3 is 2.65 bits per heavy atom. The Hall–Kier alpha value is -1.42. The first-order valence-electron chi connectivity index (χ1n) is 10.0. The average Bonchev–Trinajstić information content (AvgIpc) is 2.85. The fraction of sp³-hybridized carbons (Fsp3) is 0.727. The highest BCUT2D eigenvalue weighted by atomic mass is 16.5. The van der Waals surface area contributed by atoms with E-state index < -0.39 is 0 Å². The van der Waals surface area contributed by atoms with Crippen LogP contribution in [-0.4, -0.2) is 23.0 Å². The molecule has 3 saturated carbocycles. The molecule has 0 bridgehead atoms. The molecule has 4 aliphatic carbocycles. The van der Waals surface area contributed by atoms with Gasteiger partial charge in [0.2, 0.25) is 0 Å². The highest BCUT2D eigenvalue weighted by Gasteiger charge is 2.60. The van der Waals surface area contributed by atoms with Gasteiger partial charge in [-0.25, -0.2) is 0 Å². The minimum Gasteiger partial charge on any atom is -0.434 e. The lowest BCUT2D eigenvalue weighted by Crippen LogP contribution is -2.50. The quantitative estimate of drug-likeness (QED) is 0.334. The van der Waals surface area contributed by atoms with Crippen LogP contribution in [0.5, 0.6) is 0 Å². The molecule has 26 heavy (non-hydrogen) atoms. The summed E-state index contributed by atoms with van der Waals surface area (Å²) >= 11 is 0. The molecule has 0 amide bonds. The van der Waals surface area contributed by atoms with Gasteiger partial charge in [-0.3, -0.25) is 9.59 Å². The first-order valence-corrected chi connectivity index (χ1v) is 10.0. The van der Waals surface area contributed by atoms with Crippen LogP contribution in [0.1, 0.15) is 65.7 Å². The van der Waals surface area contributed by atoms with Gasteiger partial charge in [0.25, 0.3) is 0 Å². The Balaban J connectivity index is 1.65. The van der Waals surface area contributed by atoms with Crippen molar-refractivity contribution in [1.82, 2.24) is 0 Å². The third-order valence-corrected chi connectivity index (χ3v) is 8.08. The lowest BCUT2D eigenvalue weighted by molar-refractivity contribution is -0.135. The summed E-state index contributed by atoms with van der Waals surface area (Å²) in [6.07, 6.45) is 10.1. The number of ketones is 1. The van der Waals surface area contributed by atoms with Gasteiger partial charge >= 0.3 is 5.97 Å². The van der Waals surface area contributed by atoms with Crippen molar-refractivity contribution in [1.29, 1.82) is 0 Å². The zero-order valence-corrected chi connectivity index (χ0v) is 16.1. The maximum atomic E-state index is 13.0. The SMILES string of the molecule is CC(=O)O/C=C1/C[C@H]2[C@@H]3CC=C4C[C@@H](O)CC[C@]4(C)[C@H]3CC[C@]2(C)C1=O. The molecule has 4 rings (SSSR count). The average molecular weight is 358 g/mol. The Labute approximate surface area is 155 Å². The number of aliphatic hydroxyl groups excluding tert-OH is 1. The van der Waals surface area contributed by atoms with Crippen molar-refractivity contribution in [3.63, 3.8) is 0 Å². The summed E-state index contributed by atoms with van der Waals surface area (Å²) in [4.78, 5) is 24.2. The maximum absolute atomic E-state index is 13.0. The smallest absolute Gasteiger partial charge is 0.307 e. The lowest BCUT2D eigenvalue weighted by Gasteiger charge is -2.56. The number of Topliss-reactive ketones (excluding diaryl/α,β-unsaturated/α-hetero) is 1. The predicted molar refractivity (Wildman–Crippen MR) is 97.9 cm³/mol. The molecule has 0 aliphatic heterocycles. The normalized spacial score (nSPS) is 46.2. The van der Waals surface area contributed by atoms with E-state index in [1.165, 1.54) is 18.8 Å². The monoisotopic (exact) mass is 358 g/mol. The fourth-order valence-corrected chi connectivity index (χ4v) is 6.57. The molecule has 0 radical (unpaired) electrons. The van der Waals surface area contributed by atoms with E-state index in [1.807, 2.05) is 0 Å². The number of ether oxygens (including phenoxy) is 1. The second kappa shape index (κ2) is 6.05. The van der Waals surface area contributed by atoms with Crippen LogP contribution in [0, 0.1) is 28.6 Å². The zero-order chi connectivity index (χ0) is 18.7. The standard InChI is InChI=1S/C22H30O4/c1-13(23)26-12-14-10-19-17-5-4-15-11-16(24)6-8-21(15,2)18(17)7-9-22(19,3)20(14)25/h4,12,16-19,24H,5-11H2,1-3H3/b14-12-/t16-,17+,18-,19-,21-,22-/m0/s1. The topological polar surface area (TPSA) is 63.6 Å². The van der Waals surface area contributed by atoms with Gasteiger partial charge < -0.3 is 9.84 Å². The number of rotatable bonds is 1. The largest absolute Gasteiger partial charge is 0.434 e. The third-order valence-electron chi connectivity index (χ3n) is 8.08. The maximum Gasteiger partial charge on any atom is 0.307 e. The predicted octanol–water partition coefficient (Wildman–Crippen LogP) is 3.94. The van der Waals surface area contributed by atoms with Crippen molar-refractivity contribution in [2.45, 2.75) is 71.8 Å². The molecular weight excluding hydrogens is 328 g/mol. The molecule has 3 fully saturated rings. The number of carbonyl (C=O) groups excluding carboxylic acids is 2. The van der Waals surface area contributed by atoms with Crippen LogP contribution in [-0.2, 0) is 14.3 Å². The highest BCUT2D eigenvalue weighted by molar-refractivity contribution is 6.02. The van der Waals surface area contributed by atoms with Gasteiger partial charge in [-0.05, 0) is 68.1 Å². The number of allylic oxidation sites excluding steroid dienone is 2. The summed E-state index contributed by atoms with van der Waals surface area (Å²) in [7, 11) is 0. The van der Waals surface area contributed by atoms with Crippen LogP contribution < -0.4 is 0 Å². The van der Waals surface area contributed by atoms with Crippen LogP contribution in [0.25, 0.3) is 0 Å². The third kappa shape index (κ3) is 2.52. The Morgan fingerprint density at radius 1 is 1.19 bits per heavy atom. The summed E-state index contributed by atoms with van der Waals surface area (Å²) in [5.74, 6) is 1.24. The molecule has 4 heteroatoms. The second-order valence-electron chi connectivity index (χ2n) is 9.40. The second-order valence-corrected chi connectivity index (χ2v) is 9.40. The highest BCUT2D eigenvalue weighted by Crippen LogP contribution is 2.64. The van der Waals surface area contributed by atoms with Gasteiger partial charge in [0.15, 0.2) is 5.78 Å². The van der Waals surface area contributed by atoms with Crippen molar-refractivity contribution in [3.05, 3.63) is 23.5 Å². The summed E-state index contributed by atoms with van der Waals surface area (Å²) in [6, 6.07) is 0. The zero-order valence-electron chi connectivity index (χ0n) is 16.1. The molecule has 0 aromatic rings. The van der Waals surface area contributed by atoms with Gasteiger partial charge in [0, 0.05) is 17.9 Å². The summed E-state index contributed by atoms with van der Waals surface area (Å²) < 4.78 is 5.04. The number of fused-ring (bicyclic) bond motifs is 5. The van der Waals surface area contributed by atoms with Crippen molar-refractivity contribution in [3.8, 4) is 0 Å². The first kappa shape index (κ1) is 18.0. The minimum absolute atomic E-state index is 0.175. The Bertz CT molecular complexity index is 705. The first-order chi connectivity index (χ1) is 12.3. The molecular formula is C22H30O4. The van der Waals surface area contributed by atoms with E-state index in [9.17, 15) is 14.7 Å². The summed E-state index contributed by atoms with van der Waals surface area (Å²) in [5.41, 5.74) is 1.99. The van der Waals surface area contributed by atoms with Crippen molar-refractivity contribution in [2.75, 3.05) is 0 Å². The number of hydrogen-bond donors (Lipinski definition) is 1. The molecule has 1 N–H and O–H groups in total. The van der Waals surface area contributed by atoms with Crippen molar-refractivity contribution >= 4 is 11.8 Å². The van der Waals surface area contributed by atoms with E-state index in [0.29, 0.717) is 23.3 Å². The molecule has 0 unspecified atom stereocenters. The van der Waals surface area contributed by atoms with Gasteiger partial charge in [-0.15, -0.1) is 0 Å². The molecule has 4 nitrogen and oxygen atoms in total. The van der Waals surface area contributed by atoms with Gasteiger partial charge in [-0.2, -0.15) is 0 Å². The molecule has 0 aromatic heterocycles. The van der Waals surface area contributed by atoms with Gasteiger partial charge in [0.05, 0.1) is 6.10 Å². The number of esters is 1. The molecule has 0 spiro atoms. The Kier molecular flexibility index (Phi) is 4.18. The molecule has 6 atom stereocenters. The number of aliphatic hydroxyl groups is 1. The van der Waals surface area contributed by atoms with Crippen LogP contribution in [0.2, 0.25) is 0 Å². The van der Waals surface area contributed by atoms with Crippen molar-refractivity contribution < 1.29 is 19.4 Å². The van der Waals surface area contributed by atoms with Crippen LogP contribution in [0.4, 0.5) is 0 Å². The van der Waals surface area contributed by atoms with Gasteiger partial charge in [0.1, 0.15) is 6.26 Å². The lowest BCUT2D eigenvalue weighted by atomic mass is 9.48. The van der Waals surface area contributed by atoms with E-state index in [-0.39, 0.29) is 28.7 Å². The molecule has 142 valence electrons. The molecule has 0 heterocycles. The Morgan fingerprint density at radius 2 is 1.92 bits per heavy atom. The van der Waals surface area contributed by atoms with E-state index in [4.69, 9.17) is 4.74 Å². The molecule has 0 aromatic carbocycles. The number of hydrogen-bond acceptors (Lipinski definition) is 4. The molecule has 4 aliphatic rings. The minimum atomic E-state index is -0.373. The fourth-order valence-electron chi connectivity index (χ4n) is 6.57. The van der Waals surface area contributed by atoms with Crippen LogP contribution >= 0.6 is 0 Å². The summed E-state index contributed by atoms with van der Waals surface area (Å²) in [6.45, 7) is 5.88. The van der Waals surface area contributed by atoms with Gasteiger partial charge in [-0.1, -0.05) is 25.5 Å². The van der Waals surface area contributed by atoms with E-state index in [1.54, 1.807) is 0 Å². The molecule has 0 saturated heterocycles. The van der Waals surface area contributed by atoms with Crippen molar-refractivity contribution in [2.24, 2.45) is 28.6 Å². The van der Waals surface area contributed by atoms with E-state index in [2.05, 4.69) is 19.9 Å². The van der Waals surface area contributed by atoms with E-state index in [0.717, 1.165) is 44.9 Å². The van der Waals surface area contributed by atoms with Crippen LogP contribution in [0.15, 0.2) is 23.5 Å².